The summed E-state index contributed by atoms with van der Waals surface area (Å²) in [6.45, 7) is 7.66. The number of ether oxygens (including phenoxy) is 2. The Kier molecular flexibility index (Phi) is 10.2. The zero-order valence-corrected chi connectivity index (χ0v) is 22.9. The number of hydrogen-bond donors (Lipinski definition) is 1. The Morgan fingerprint density at radius 3 is 2.17 bits per heavy atom. The Hall–Kier alpha value is -3.27. The summed E-state index contributed by atoms with van der Waals surface area (Å²) in [6, 6.07) is 11.5. The van der Waals surface area contributed by atoms with Gasteiger partial charge in [-0.2, -0.15) is 0 Å². The first-order chi connectivity index (χ1) is 16.9. The Morgan fingerprint density at radius 2 is 1.64 bits per heavy atom. The van der Waals surface area contributed by atoms with E-state index in [4.69, 9.17) is 9.47 Å². The van der Waals surface area contributed by atoms with E-state index in [1.807, 2.05) is 45.0 Å². The second-order valence-corrected chi connectivity index (χ2v) is 11.0. The average molecular weight is 520 g/mol. The number of benzene rings is 2. The van der Waals surface area contributed by atoms with Crippen LogP contribution in [0.25, 0.3) is 0 Å². The van der Waals surface area contributed by atoms with Gasteiger partial charge in [0.05, 0.1) is 26.2 Å². The molecule has 0 bridgehead atoms. The number of aryl methyl sites for hydroxylation is 1. The van der Waals surface area contributed by atoms with Crippen LogP contribution in [-0.4, -0.2) is 64.7 Å². The first-order valence-electron chi connectivity index (χ1n) is 11.7. The van der Waals surface area contributed by atoms with Crippen LogP contribution >= 0.6 is 0 Å². The van der Waals surface area contributed by atoms with Crippen molar-refractivity contribution in [2.75, 3.05) is 37.9 Å². The van der Waals surface area contributed by atoms with Gasteiger partial charge in [-0.05, 0) is 37.5 Å². The van der Waals surface area contributed by atoms with Crippen LogP contribution in [0.1, 0.15) is 31.9 Å². The number of rotatable bonds is 12. The minimum Gasteiger partial charge on any atom is -0.497 e. The highest BCUT2D eigenvalue weighted by atomic mass is 32.2. The van der Waals surface area contributed by atoms with Crippen molar-refractivity contribution in [2.24, 2.45) is 5.92 Å². The zero-order valence-electron chi connectivity index (χ0n) is 22.1. The van der Waals surface area contributed by atoms with Crippen LogP contribution in [-0.2, 0) is 26.2 Å². The first-order valence-corrected chi connectivity index (χ1v) is 13.5. The van der Waals surface area contributed by atoms with Crippen molar-refractivity contribution >= 4 is 27.5 Å². The van der Waals surface area contributed by atoms with E-state index < -0.39 is 28.5 Å². The van der Waals surface area contributed by atoms with Crippen LogP contribution in [0.15, 0.2) is 42.5 Å². The highest BCUT2D eigenvalue weighted by Gasteiger charge is 2.31. The standard InChI is InChI=1S/C26H37N3O6S/c1-18(2)15-27-26(31)20(4)28(16-21-10-8-19(3)9-11-21)25(30)17-29(36(7,32)33)23-13-12-22(34-5)14-24(23)35-6/h8-14,18,20H,15-17H2,1-7H3,(H,27,31)/t20-/m1/s1. The van der Waals surface area contributed by atoms with Crippen LogP contribution in [0.2, 0.25) is 0 Å². The fraction of sp³-hybridized carbons (Fsp3) is 0.462. The van der Waals surface area contributed by atoms with Gasteiger partial charge in [0.25, 0.3) is 0 Å². The largest absolute Gasteiger partial charge is 0.497 e. The lowest BCUT2D eigenvalue weighted by molar-refractivity contribution is -0.139. The molecule has 0 unspecified atom stereocenters. The van der Waals surface area contributed by atoms with E-state index in [1.54, 1.807) is 19.1 Å². The molecule has 1 atom stereocenters. The number of carbonyl (C=O) groups is 2. The van der Waals surface area contributed by atoms with Crippen molar-refractivity contribution in [3.8, 4) is 11.5 Å². The molecule has 0 fully saturated rings. The van der Waals surface area contributed by atoms with Crippen molar-refractivity contribution in [1.29, 1.82) is 0 Å². The predicted molar refractivity (Wildman–Crippen MR) is 141 cm³/mol. The third-order valence-electron chi connectivity index (χ3n) is 5.66. The zero-order chi connectivity index (χ0) is 27.0. The van der Waals surface area contributed by atoms with E-state index in [9.17, 15) is 18.0 Å². The number of anilines is 1. The van der Waals surface area contributed by atoms with Crippen LogP contribution in [0.5, 0.6) is 11.5 Å². The minimum absolute atomic E-state index is 0.146. The monoisotopic (exact) mass is 519 g/mol. The van der Waals surface area contributed by atoms with Gasteiger partial charge in [0.1, 0.15) is 24.1 Å². The van der Waals surface area contributed by atoms with Gasteiger partial charge in [0.15, 0.2) is 0 Å². The van der Waals surface area contributed by atoms with Crippen molar-refractivity contribution in [3.05, 3.63) is 53.6 Å². The lowest BCUT2D eigenvalue weighted by Crippen LogP contribution is -2.51. The van der Waals surface area contributed by atoms with Crippen LogP contribution in [0.3, 0.4) is 0 Å². The molecule has 0 aliphatic heterocycles. The Bertz CT molecular complexity index is 1150. The van der Waals surface area contributed by atoms with Gasteiger partial charge in [-0.15, -0.1) is 0 Å². The van der Waals surface area contributed by atoms with Gasteiger partial charge in [-0.1, -0.05) is 43.7 Å². The summed E-state index contributed by atoms with van der Waals surface area (Å²) < 4.78 is 37.1. The Labute approximate surface area is 214 Å². The summed E-state index contributed by atoms with van der Waals surface area (Å²) in [7, 11) is -0.985. The number of nitrogens with zero attached hydrogens (tertiary/aromatic N) is 2. The molecule has 0 aliphatic rings. The Morgan fingerprint density at radius 1 is 1.00 bits per heavy atom. The normalized spacial score (nSPS) is 12.1. The van der Waals surface area contributed by atoms with E-state index in [-0.39, 0.29) is 29.8 Å². The van der Waals surface area contributed by atoms with E-state index >= 15 is 0 Å². The van der Waals surface area contributed by atoms with Gasteiger partial charge in [-0.25, -0.2) is 8.42 Å². The fourth-order valence-corrected chi connectivity index (χ4v) is 4.36. The number of methoxy groups -OCH3 is 2. The maximum atomic E-state index is 13.6. The molecular formula is C26H37N3O6S. The predicted octanol–water partition coefficient (Wildman–Crippen LogP) is 2.97. The molecule has 1 N–H and O–H groups in total. The van der Waals surface area contributed by atoms with Gasteiger partial charge in [-0.3, -0.25) is 13.9 Å². The lowest BCUT2D eigenvalue weighted by atomic mass is 10.1. The number of hydrogen-bond acceptors (Lipinski definition) is 6. The van der Waals surface area contributed by atoms with Crippen LogP contribution < -0.4 is 19.1 Å². The maximum absolute atomic E-state index is 13.6. The van der Waals surface area contributed by atoms with E-state index in [0.29, 0.717) is 12.3 Å². The van der Waals surface area contributed by atoms with Crippen molar-refractivity contribution < 1.29 is 27.5 Å². The topological polar surface area (TPSA) is 105 Å². The third-order valence-corrected chi connectivity index (χ3v) is 6.79. The molecule has 9 nitrogen and oxygen atoms in total. The molecule has 0 saturated carbocycles. The fourth-order valence-electron chi connectivity index (χ4n) is 3.51. The van der Waals surface area contributed by atoms with Gasteiger partial charge in [0, 0.05) is 19.2 Å². The van der Waals surface area contributed by atoms with Crippen molar-refractivity contribution in [2.45, 2.75) is 40.3 Å². The molecule has 10 heteroatoms. The second kappa shape index (κ2) is 12.6. The van der Waals surface area contributed by atoms with E-state index in [1.165, 1.54) is 25.2 Å². The van der Waals surface area contributed by atoms with Crippen LogP contribution in [0, 0.1) is 12.8 Å². The molecule has 0 spiro atoms. The molecular weight excluding hydrogens is 482 g/mol. The average Bonchev–Trinajstić information content (AvgIpc) is 2.83. The summed E-state index contributed by atoms with van der Waals surface area (Å²) >= 11 is 0. The molecule has 0 radical (unpaired) electrons. The molecule has 2 aromatic carbocycles. The number of amides is 2. The molecule has 2 aromatic rings. The maximum Gasteiger partial charge on any atom is 0.244 e. The van der Waals surface area contributed by atoms with Gasteiger partial charge < -0.3 is 19.7 Å². The minimum atomic E-state index is -3.88. The molecule has 0 heterocycles. The molecule has 36 heavy (non-hydrogen) atoms. The molecule has 2 rings (SSSR count). The summed E-state index contributed by atoms with van der Waals surface area (Å²) in [5.41, 5.74) is 2.08. The lowest BCUT2D eigenvalue weighted by Gasteiger charge is -2.32. The van der Waals surface area contributed by atoms with E-state index in [0.717, 1.165) is 21.7 Å². The Balaban J connectivity index is 2.43. The van der Waals surface area contributed by atoms with Crippen molar-refractivity contribution in [3.63, 3.8) is 0 Å². The molecule has 2 amide bonds. The van der Waals surface area contributed by atoms with E-state index in [2.05, 4.69) is 5.32 Å². The summed E-state index contributed by atoms with van der Waals surface area (Å²) in [6.07, 6.45) is 1.02. The number of sulfonamides is 1. The summed E-state index contributed by atoms with van der Waals surface area (Å²) in [4.78, 5) is 27.9. The first kappa shape index (κ1) is 29.0. The summed E-state index contributed by atoms with van der Waals surface area (Å²) in [5, 5.41) is 2.86. The van der Waals surface area contributed by atoms with Crippen LogP contribution in [0.4, 0.5) is 5.69 Å². The van der Waals surface area contributed by atoms with Gasteiger partial charge >= 0.3 is 0 Å². The third kappa shape index (κ3) is 7.87. The SMILES string of the molecule is COc1ccc(N(CC(=O)N(Cc2ccc(C)cc2)[C@H](C)C(=O)NCC(C)C)S(C)(=O)=O)c(OC)c1. The quantitative estimate of drug-likeness (QED) is 0.462. The summed E-state index contributed by atoms with van der Waals surface area (Å²) in [5.74, 6) is 0.126. The molecule has 198 valence electrons. The molecule has 0 aliphatic carbocycles. The smallest absolute Gasteiger partial charge is 0.244 e. The number of nitrogens with one attached hydrogen (secondary N) is 1. The molecule has 0 aromatic heterocycles. The second-order valence-electron chi connectivity index (χ2n) is 9.13. The highest BCUT2D eigenvalue weighted by molar-refractivity contribution is 7.92. The number of carbonyl (C=O) groups excluding carboxylic acids is 2. The van der Waals surface area contributed by atoms with Gasteiger partial charge in [0.2, 0.25) is 21.8 Å². The molecule has 0 saturated heterocycles. The highest BCUT2D eigenvalue weighted by Crippen LogP contribution is 2.33. The van der Waals surface area contributed by atoms with Crippen molar-refractivity contribution in [1.82, 2.24) is 10.2 Å².